The fraction of sp³-hybridized carbons (Fsp3) is 0.318. The van der Waals surface area contributed by atoms with Crippen LogP contribution in [0.1, 0.15) is 35.5 Å². The first-order valence-electron chi connectivity index (χ1n) is 10.4. The summed E-state index contributed by atoms with van der Waals surface area (Å²) in [4.78, 5) is 18.5. The average Bonchev–Trinajstić information content (AvgIpc) is 3.29. The van der Waals surface area contributed by atoms with Gasteiger partial charge < -0.3 is 14.2 Å². The quantitative estimate of drug-likeness (QED) is 0.552. The van der Waals surface area contributed by atoms with E-state index in [1.165, 1.54) is 19.2 Å². The number of nitrogens with zero attached hydrogens (tertiary/aromatic N) is 3. The van der Waals surface area contributed by atoms with Gasteiger partial charge in [-0.25, -0.2) is 8.42 Å². The standard InChI is InChI=1S/C22H23ClN4O5S/c1-14-6-7-15(20-24-21(32-25-20)22(28)27-10-4-3-5-11-27)12-19(14)33(29,30)26-17-13-16(23)8-9-18(17)31-2/h6-9,12-13,26H,3-5,10-11H2,1-2H3. The number of ether oxygens (including phenoxy) is 1. The predicted molar refractivity (Wildman–Crippen MR) is 123 cm³/mol. The van der Waals surface area contributed by atoms with Gasteiger partial charge in [0.05, 0.1) is 17.7 Å². The monoisotopic (exact) mass is 490 g/mol. The molecule has 1 aliphatic rings. The minimum absolute atomic E-state index is 0.0238. The zero-order valence-corrected chi connectivity index (χ0v) is 19.7. The number of hydrogen-bond donors (Lipinski definition) is 1. The van der Waals surface area contributed by atoms with Crippen LogP contribution in [0.25, 0.3) is 11.4 Å². The Hall–Kier alpha value is -3.11. The number of methoxy groups -OCH3 is 1. The number of anilines is 1. The maximum absolute atomic E-state index is 13.2. The normalized spacial score (nSPS) is 14.2. The zero-order chi connectivity index (χ0) is 23.6. The highest BCUT2D eigenvalue weighted by molar-refractivity contribution is 7.92. The molecule has 1 fully saturated rings. The van der Waals surface area contributed by atoms with Crippen molar-refractivity contribution in [3.8, 4) is 17.1 Å². The summed E-state index contributed by atoms with van der Waals surface area (Å²) in [5.41, 5.74) is 1.13. The minimum Gasteiger partial charge on any atom is -0.495 e. The van der Waals surface area contributed by atoms with Crippen LogP contribution in [0.3, 0.4) is 0 Å². The summed E-state index contributed by atoms with van der Waals surface area (Å²) in [6.45, 7) is 2.99. The first-order valence-corrected chi connectivity index (χ1v) is 12.2. The van der Waals surface area contributed by atoms with Crippen molar-refractivity contribution < 1.29 is 22.5 Å². The molecule has 0 bridgehead atoms. The summed E-state index contributed by atoms with van der Waals surface area (Å²) in [6, 6.07) is 9.39. The van der Waals surface area contributed by atoms with Crippen LogP contribution in [0, 0.1) is 6.92 Å². The molecular formula is C22H23ClN4O5S. The minimum atomic E-state index is -4.00. The Morgan fingerprint density at radius 2 is 1.91 bits per heavy atom. The number of carbonyl (C=O) groups excluding carboxylic acids is 1. The van der Waals surface area contributed by atoms with Crippen LogP contribution in [0.5, 0.6) is 5.75 Å². The highest BCUT2D eigenvalue weighted by Crippen LogP contribution is 2.31. The molecule has 0 saturated carbocycles. The Kier molecular flexibility index (Phi) is 6.57. The molecule has 0 unspecified atom stereocenters. The smallest absolute Gasteiger partial charge is 0.316 e. The van der Waals surface area contributed by atoms with Crippen LogP contribution >= 0.6 is 11.6 Å². The van der Waals surface area contributed by atoms with Gasteiger partial charge in [-0.1, -0.05) is 28.9 Å². The van der Waals surface area contributed by atoms with E-state index in [1.54, 1.807) is 36.1 Å². The molecule has 33 heavy (non-hydrogen) atoms. The number of hydrogen-bond acceptors (Lipinski definition) is 7. The van der Waals surface area contributed by atoms with Crippen LogP contribution in [-0.2, 0) is 10.0 Å². The second kappa shape index (κ2) is 9.40. The summed E-state index contributed by atoms with van der Waals surface area (Å²) in [5.74, 6) is 0.0322. The average molecular weight is 491 g/mol. The van der Waals surface area contributed by atoms with E-state index in [-0.39, 0.29) is 28.2 Å². The number of amides is 1. The first-order chi connectivity index (χ1) is 15.8. The van der Waals surface area contributed by atoms with Crippen molar-refractivity contribution in [1.29, 1.82) is 0 Å². The van der Waals surface area contributed by atoms with Crippen molar-refractivity contribution in [1.82, 2.24) is 15.0 Å². The number of aryl methyl sites for hydroxylation is 1. The molecule has 1 N–H and O–H groups in total. The molecule has 0 radical (unpaired) electrons. The Bertz CT molecular complexity index is 1290. The van der Waals surface area contributed by atoms with Gasteiger partial charge in [0.1, 0.15) is 5.75 Å². The second-order valence-electron chi connectivity index (χ2n) is 7.71. The molecule has 1 amide bonds. The Morgan fingerprint density at radius 3 is 2.64 bits per heavy atom. The molecule has 4 rings (SSSR count). The van der Waals surface area contributed by atoms with Gasteiger partial charge in [0.25, 0.3) is 10.0 Å². The number of halogens is 1. The lowest BCUT2D eigenvalue weighted by Gasteiger charge is -2.24. The van der Waals surface area contributed by atoms with Gasteiger partial charge >= 0.3 is 11.8 Å². The van der Waals surface area contributed by atoms with Crippen LogP contribution in [0.2, 0.25) is 5.02 Å². The number of nitrogens with one attached hydrogen (secondary N) is 1. The number of likely N-dealkylation sites (tertiary alicyclic amines) is 1. The maximum atomic E-state index is 13.2. The molecule has 0 spiro atoms. The van der Waals surface area contributed by atoms with Crippen LogP contribution in [-0.4, -0.2) is 49.6 Å². The highest BCUT2D eigenvalue weighted by atomic mass is 35.5. The van der Waals surface area contributed by atoms with Crippen molar-refractivity contribution in [3.63, 3.8) is 0 Å². The summed E-state index contributed by atoms with van der Waals surface area (Å²) in [7, 11) is -2.56. The van der Waals surface area contributed by atoms with Gasteiger partial charge in [-0.05, 0) is 56.0 Å². The van der Waals surface area contributed by atoms with E-state index in [2.05, 4.69) is 14.9 Å². The topological polar surface area (TPSA) is 115 Å². The molecule has 0 atom stereocenters. The summed E-state index contributed by atoms with van der Waals surface area (Å²) in [6.07, 6.45) is 2.97. The molecule has 1 aromatic heterocycles. The number of rotatable bonds is 6. The molecule has 174 valence electrons. The lowest BCUT2D eigenvalue weighted by atomic mass is 10.1. The van der Waals surface area contributed by atoms with Gasteiger partial charge in [-0.3, -0.25) is 9.52 Å². The molecule has 2 heterocycles. The van der Waals surface area contributed by atoms with Crippen LogP contribution < -0.4 is 9.46 Å². The van der Waals surface area contributed by atoms with Crippen molar-refractivity contribution in [3.05, 3.63) is 52.9 Å². The van der Waals surface area contributed by atoms with Gasteiger partial charge in [0, 0.05) is 23.7 Å². The number of benzene rings is 2. The Labute approximate surface area is 196 Å². The second-order valence-corrected chi connectivity index (χ2v) is 9.79. The van der Waals surface area contributed by atoms with E-state index in [4.69, 9.17) is 20.9 Å². The van der Waals surface area contributed by atoms with Gasteiger partial charge in [0.2, 0.25) is 5.82 Å². The number of piperidine rings is 1. The number of carbonyl (C=O) groups is 1. The van der Waals surface area contributed by atoms with E-state index >= 15 is 0 Å². The number of sulfonamides is 1. The zero-order valence-electron chi connectivity index (χ0n) is 18.2. The third kappa shape index (κ3) is 4.96. The van der Waals surface area contributed by atoms with E-state index < -0.39 is 10.0 Å². The fourth-order valence-corrected chi connectivity index (χ4v) is 5.15. The van der Waals surface area contributed by atoms with Crippen molar-refractivity contribution in [2.45, 2.75) is 31.1 Å². The van der Waals surface area contributed by atoms with Crippen molar-refractivity contribution in [2.24, 2.45) is 0 Å². The van der Waals surface area contributed by atoms with Crippen molar-refractivity contribution >= 4 is 33.2 Å². The first kappa shape index (κ1) is 23.1. The molecule has 3 aromatic rings. The Morgan fingerprint density at radius 1 is 1.15 bits per heavy atom. The van der Waals surface area contributed by atoms with Crippen LogP contribution in [0.4, 0.5) is 5.69 Å². The number of aromatic nitrogens is 2. The third-order valence-corrected chi connectivity index (χ3v) is 7.14. The van der Waals surface area contributed by atoms with E-state index in [0.29, 0.717) is 35.0 Å². The van der Waals surface area contributed by atoms with E-state index in [9.17, 15) is 13.2 Å². The third-order valence-electron chi connectivity index (χ3n) is 5.39. The molecule has 0 aliphatic carbocycles. The van der Waals surface area contributed by atoms with E-state index in [0.717, 1.165) is 19.3 Å². The van der Waals surface area contributed by atoms with Gasteiger partial charge in [-0.2, -0.15) is 4.98 Å². The predicted octanol–water partition coefficient (Wildman–Crippen LogP) is 4.13. The fourth-order valence-electron chi connectivity index (χ4n) is 3.65. The maximum Gasteiger partial charge on any atom is 0.316 e. The van der Waals surface area contributed by atoms with Crippen molar-refractivity contribution in [2.75, 3.05) is 24.9 Å². The van der Waals surface area contributed by atoms with Gasteiger partial charge in [-0.15, -0.1) is 0 Å². The molecule has 1 saturated heterocycles. The summed E-state index contributed by atoms with van der Waals surface area (Å²) < 4.78 is 39.3. The van der Waals surface area contributed by atoms with Crippen LogP contribution in [0.15, 0.2) is 45.8 Å². The van der Waals surface area contributed by atoms with E-state index in [1.807, 2.05) is 0 Å². The lowest BCUT2D eigenvalue weighted by molar-refractivity contribution is 0.0674. The molecule has 1 aliphatic heterocycles. The summed E-state index contributed by atoms with van der Waals surface area (Å²) >= 11 is 6.02. The largest absolute Gasteiger partial charge is 0.495 e. The molecule has 9 nitrogen and oxygen atoms in total. The SMILES string of the molecule is COc1ccc(Cl)cc1NS(=O)(=O)c1cc(-c2noc(C(=O)N3CCCCC3)n2)ccc1C. The lowest BCUT2D eigenvalue weighted by Crippen LogP contribution is -2.35. The highest BCUT2D eigenvalue weighted by Gasteiger charge is 2.25. The molecule has 2 aromatic carbocycles. The summed E-state index contributed by atoms with van der Waals surface area (Å²) in [5, 5.41) is 4.25. The van der Waals surface area contributed by atoms with Gasteiger partial charge in [0.15, 0.2) is 0 Å². The molecular weight excluding hydrogens is 468 g/mol. The molecule has 11 heteroatoms. The Balaban J connectivity index is 1.63.